The molecule has 0 radical (unpaired) electrons. The Kier molecular flexibility index (Phi) is 5.27. The number of benzene rings is 2. The van der Waals surface area contributed by atoms with Gasteiger partial charge in [0.25, 0.3) is 11.6 Å². The summed E-state index contributed by atoms with van der Waals surface area (Å²) in [6, 6.07) is 14.7. The van der Waals surface area contributed by atoms with Crippen LogP contribution in [0.5, 0.6) is 0 Å². The van der Waals surface area contributed by atoms with Gasteiger partial charge in [-0.15, -0.1) is 0 Å². The zero-order chi connectivity index (χ0) is 21.4. The molecule has 1 amide bonds. The molecule has 1 aliphatic heterocycles. The average Bonchev–Trinajstić information content (AvgIpc) is 3.28. The monoisotopic (exact) mass is 485 g/mol. The lowest BCUT2D eigenvalue weighted by Gasteiger charge is -2.11. The lowest BCUT2D eigenvalue weighted by molar-refractivity contribution is -0.384. The molecule has 0 bridgehead atoms. The molecule has 0 fully saturated rings. The largest absolute Gasteiger partial charge is 0.457 e. The van der Waals surface area contributed by atoms with Gasteiger partial charge in [0.05, 0.1) is 21.9 Å². The van der Waals surface area contributed by atoms with Crippen molar-refractivity contribution in [1.29, 1.82) is 0 Å². The van der Waals surface area contributed by atoms with Crippen LogP contribution in [0.3, 0.4) is 0 Å². The lowest BCUT2D eigenvalue weighted by atomic mass is 10.1. The first-order chi connectivity index (χ1) is 14.3. The summed E-state index contributed by atoms with van der Waals surface area (Å²) >= 11 is 9.25. The Balaban J connectivity index is 1.61. The number of rotatable bonds is 4. The minimum atomic E-state index is -0.465. The van der Waals surface area contributed by atoms with Gasteiger partial charge in [0.15, 0.2) is 0 Å². The van der Waals surface area contributed by atoms with E-state index in [1.807, 2.05) is 0 Å². The van der Waals surface area contributed by atoms with Crippen molar-refractivity contribution < 1.29 is 14.1 Å². The first kappa shape index (κ1) is 20.1. The molecule has 3 aromatic rings. The van der Waals surface area contributed by atoms with Crippen molar-refractivity contribution in [2.45, 2.75) is 6.92 Å². The van der Waals surface area contributed by atoms with E-state index in [2.05, 4.69) is 21.0 Å². The number of amides is 1. The third-order valence-corrected chi connectivity index (χ3v) is 5.38. The smallest absolute Gasteiger partial charge is 0.280 e. The van der Waals surface area contributed by atoms with E-state index < -0.39 is 4.92 Å². The van der Waals surface area contributed by atoms with E-state index in [-0.39, 0.29) is 11.6 Å². The quantitative estimate of drug-likeness (QED) is 0.254. The molecule has 4 rings (SSSR count). The number of nitro benzene ring substituents is 1. The number of carbonyl (C=O) groups excluding carboxylic acids is 1. The molecule has 0 unspecified atom stereocenters. The highest BCUT2D eigenvalue weighted by molar-refractivity contribution is 9.10. The molecule has 0 saturated carbocycles. The van der Waals surface area contributed by atoms with Crippen LogP contribution in [0.4, 0.5) is 11.4 Å². The van der Waals surface area contributed by atoms with Crippen LogP contribution in [0.2, 0.25) is 5.02 Å². The molecule has 0 spiro atoms. The van der Waals surface area contributed by atoms with Crippen molar-refractivity contribution in [2.75, 3.05) is 5.01 Å². The molecule has 0 saturated heterocycles. The van der Waals surface area contributed by atoms with Gasteiger partial charge in [-0.1, -0.05) is 11.6 Å². The van der Waals surface area contributed by atoms with E-state index in [4.69, 9.17) is 16.0 Å². The van der Waals surface area contributed by atoms with Crippen LogP contribution in [-0.2, 0) is 4.79 Å². The fraction of sp³-hybridized carbons (Fsp3) is 0.0476. The van der Waals surface area contributed by atoms with E-state index in [0.717, 1.165) is 0 Å². The van der Waals surface area contributed by atoms with Gasteiger partial charge in [-0.3, -0.25) is 14.9 Å². The Hall–Kier alpha value is -3.23. The Morgan fingerprint density at radius 3 is 2.57 bits per heavy atom. The maximum Gasteiger partial charge on any atom is 0.280 e. The molecule has 2 aromatic carbocycles. The van der Waals surface area contributed by atoms with Crippen LogP contribution in [0.1, 0.15) is 12.7 Å². The number of halogens is 2. The predicted molar refractivity (Wildman–Crippen MR) is 119 cm³/mol. The van der Waals surface area contributed by atoms with E-state index in [1.54, 1.807) is 55.5 Å². The summed E-state index contributed by atoms with van der Waals surface area (Å²) in [4.78, 5) is 23.3. The highest BCUT2D eigenvalue weighted by atomic mass is 79.9. The second-order valence-electron chi connectivity index (χ2n) is 6.46. The minimum absolute atomic E-state index is 0.0230. The van der Waals surface area contributed by atoms with Gasteiger partial charge in [0, 0.05) is 27.2 Å². The van der Waals surface area contributed by atoms with Gasteiger partial charge >= 0.3 is 0 Å². The Morgan fingerprint density at radius 2 is 1.90 bits per heavy atom. The number of nitrogens with zero attached hydrogens (tertiary/aromatic N) is 3. The molecule has 2 heterocycles. The molecule has 7 nitrogen and oxygen atoms in total. The Labute approximate surface area is 184 Å². The number of anilines is 1. The van der Waals surface area contributed by atoms with Crippen LogP contribution in [0.25, 0.3) is 17.4 Å². The number of furan rings is 1. The molecule has 9 heteroatoms. The molecule has 0 N–H and O–H groups in total. The fourth-order valence-corrected chi connectivity index (χ4v) is 3.66. The SMILES string of the molecule is CC1=NN(c2ccc(Cl)cc2)C(=O)C1=Cc1ccc(-c2ccc([N+](=O)[O-])cc2Br)o1. The van der Waals surface area contributed by atoms with Crippen LogP contribution in [0.15, 0.2) is 74.2 Å². The Bertz CT molecular complexity index is 1230. The molecule has 0 aliphatic carbocycles. The zero-order valence-corrected chi connectivity index (χ0v) is 17.8. The number of hydrazone groups is 1. The van der Waals surface area contributed by atoms with Gasteiger partial charge < -0.3 is 4.42 Å². The number of carbonyl (C=O) groups is 1. The van der Waals surface area contributed by atoms with Crippen molar-refractivity contribution in [1.82, 2.24) is 0 Å². The average molecular weight is 487 g/mol. The highest BCUT2D eigenvalue weighted by Gasteiger charge is 2.29. The van der Waals surface area contributed by atoms with Crippen molar-refractivity contribution >= 4 is 56.6 Å². The van der Waals surface area contributed by atoms with E-state index >= 15 is 0 Å². The van der Waals surface area contributed by atoms with Crippen molar-refractivity contribution in [3.05, 3.63) is 85.5 Å². The van der Waals surface area contributed by atoms with Gasteiger partial charge in [0.2, 0.25) is 0 Å². The van der Waals surface area contributed by atoms with E-state index in [0.29, 0.717) is 43.6 Å². The van der Waals surface area contributed by atoms with Crippen molar-refractivity contribution in [3.63, 3.8) is 0 Å². The summed E-state index contributed by atoms with van der Waals surface area (Å²) in [5.74, 6) is 0.702. The summed E-state index contributed by atoms with van der Waals surface area (Å²) in [5, 5.41) is 17.1. The van der Waals surface area contributed by atoms with Crippen LogP contribution >= 0.6 is 27.5 Å². The number of non-ortho nitro benzene ring substituents is 1. The summed E-state index contributed by atoms with van der Waals surface area (Å²) in [5.41, 5.74) is 2.22. The maximum atomic E-state index is 12.8. The first-order valence-electron chi connectivity index (χ1n) is 8.75. The molecule has 1 aliphatic rings. The fourth-order valence-electron chi connectivity index (χ4n) is 2.98. The molecular formula is C21H13BrClN3O4. The molecule has 150 valence electrons. The molecule has 0 atom stereocenters. The summed E-state index contributed by atoms with van der Waals surface area (Å²) in [6.45, 7) is 1.75. The summed E-state index contributed by atoms with van der Waals surface area (Å²) in [7, 11) is 0. The maximum absolute atomic E-state index is 12.8. The molecule has 30 heavy (non-hydrogen) atoms. The summed E-state index contributed by atoms with van der Waals surface area (Å²) < 4.78 is 6.38. The number of nitro groups is 1. The van der Waals surface area contributed by atoms with Crippen molar-refractivity contribution in [3.8, 4) is 11.3 Å². The number of hydrogen-bond acceptors (Lipinski definition) is 5. The number of hydrogen-bond donors (Lipinski definition) is 0. The second kappa shape index (κ2) is 7.89. The topological polar surface area (TPSA) is 89.0 Å². The van der Waals surface area contributed by atoms with Gasteiger partial charge in [-0.25, -0.2) is 0 Å². The van der Waals surface area contributed by atoms with Gasteiger partial charge in [-0.05, 0) is 71.4 Å². The van der Waals surface area contributed by atoms with E-state index in [1.165, 1.54) is 17.1 Å². The van der Waals surface area contributed by atoms with Crippen LogP contribution < -0.4 is 5.01 Å². The molecular weight excluding hydrogens is 474 g/mol. The third kappa shape index (κ3) is 3.79. The third-order valence-electron chi connectivity index (χ3n) is 4.48. The van der Waals surface area contributed by atoms with Gasteiger partial charge in [-0.2, -0.15) is 10.1 Å². The molecule has 1 aromatic heterocycles. The Morgan fingerprint density at radius 1 is 1.17 bits per heavy atom. The normalized spacial score (nSPS) is 15.0. The van der Waals surface area contributed by atoms with Gasteiger partial charge in [0.1, 0.15) is 11.5 Å². The first-order valence-corrected chi connectivity index (χ1v) is 9.92. The van der Waals surface area contributed by atoms with Crippen molar-refractivity contribution in [2.24, 2.45) is 5.10 Å². The van der Waals surface area contributed by atoms with Crippen LogP contribution in [0, 0.1) is 10.1 Å². The van der Waals surface area contributed by atoms with E-state index in [9.17, 15) is 14.9 Å². The minimum Gasteiger partial charge on any atom is -0.457 e. The lowest BCUT2D eigenvalue weighted by Crippen LogP contribution is -2.21. The zero-order valence-electron chi connectivity index (χ0n) is 15.5. The predicted octanol–water partition coefficient (Wildman–Crippen LogP) is 6.08. The second-order valence-corrected chi connectivity index (χ2v) is 7.75. The standard InChI is InChI=1S/C21H13BrClN3O4/c1-12-18(21(27)25(24-12)14-4-2-13(23)3-5-14)11-16-7-9-20(30-16)17-8-6-15(26(28)29)10-19(17)22/h2-11H,1H3. The highest BCUT2D eigenvalue weighted by Crippen LogP contribution is 2.33. The van der Waals surface area contributed by atoms with Crippen LogP contribution in [-0.4, -0.2) is 16.5 Å². The summed E-state index contributed by atoms with van der Waals surface area (Å²) in [6.07, 6.45) is 1.62.